The van der Waals surface area contributed by atoms with Crippen LogP contribution < -0.4 is 19.5 Å². The van der Waals surface area contributed by atoms with Crippen LogP contribution in [0.25, 0.3) is 0 Å². The molecule has 0 aromatic heterocycles. The molecule has 1 heterocycles. The van der Waals surface area contributed by atoms with Crippen LogP contribution in [0.4, 0.5) is 4.39 Å². The first kappa shape index (κ1) is 16.6. The van der Waals surface area contributed by atoms with E-state index in [2.05, 4.69) is 11.4 Å². The number of methoxy groups -OCH3 is 3. The second kappa shape index (κ2) is 7.09. The van der Waals surface area contributed by atoms with Gasteiger partial charge in [-0.3, -0.25) is 0 Å². The predicted octanol–water partition coefficient (Wildman–Crippen LogP) is 3.28. The maximum absolute atomic E-state index is 14.0. The fourth-order valence-electron chi connectivity index (χ4n) is 3.28. The minimum atomic E-state index is -0.340. The molecule has 1 aliphatic heterocycles. The fraction of sp³-hybridized carbons (Fsp3) is 0.368. The first-order valence-corrected chi connectivity index (χ1v) is 7.97. The van der Waals surface area contributed by atoms with Gasteiger partial charge in [0.1, 0.15) is 11.5 Å². The van der Waals surface area contributed by atoms with Crippen molar-refractivity contribution < 1.29 is 18.6 Å². The third kappa shape index (κ3) is 3.17. The zero-order chi connectivity index (χ0) is 17.1. The van der Waals surface area contributed by atoms with Crippen LogP contribution >= 0.6 is 0 Å². The van der Waals surface area contributed by atoms with Crippen LogP contribution in [0, 0.1) is 5.82 Å². The molecular weight excluding hydrogens is 309 g/mol. The van der Waals surface area contributed by atoms with Crippen molar-refractivity contribution in [2.24, 2.45) is 0 Å². The molecule has 1 atom stereocenters. The second-order valence-corrected chi connectivity index (χ2v) is 5.83. The van der Waals surface area contributed by atoms with Gasteiger partial charge in [-0.25, -0.2) is 4.39 Å². The molecule has 0 aliphatic carbocycles. The van der Waals surface area contributed by atoms with E-state index in [0.29, 0.717) is 6.42 Å². The monoisotopic (exact) mass is 331 g/mol. The molecule has 2 aromatic carbocycles. The van der Waals surface area contributed by atoms with Crippen LogP contribution in [0.5, 0.6) is 17.2 Å². The van der Waals surface area contributed by atoms with Crippen molar-refractivity contribution in [2.75, 3.05) is 27.9 Å². The van der Waals surface area contributed by atoms with Crippen LogP contribution in [0.2, 0.25) is 0 Å². The lowest BCUT2D eigenvalue weighted by Gasteiger charge is -2.29. The minimum absolute atomic E-state index is 0.0717. The van der Waals surface area contributed by atoms with E-state index in [9.17, 15) is 4.39 Å². The average Bonchev–Trinajstić information content (AvgIpc) is 2.61. The number of ether oxygens (including phenoxy) is 3. The zero-order valence-electron chi connectivity index (χ0n) is 14.2. The SMILES string of the molecule is COc1cc2c(c(OC)c1)C(Cc1ccc(OC)c(F)c1)NCC2. The molecule has 1 N–H and O–H groups in total. The standard InChI is InChI=1S/C19H22FNO3/c1-22-14-10-13-6-7-21-16(19(13)18(11-14)24-3)9-12-4-5-17(23-2)15(20)8-12/h4-5,8,10-11,16,21H,6-7,9H2,1-3H3. The van der Waals surface area contributed by atoms with Gasteiger partial charge in [0.25, 0.3) is 0 Å². The van der Waals surface area contributed by atoms with E-state index in [0.717, 1.165) is 35.6 Å². The highest BCUT2D eigenvalue weighted by atomic mass is 19.1. The molecule has 128 valence electrons. The molecule has 0 radical (unpaired) electrons. The van der Waals surface area contributed by atoms with Crippen molar-refractivity contribution in [1.29, 1.82) is 0 Å². The zero-order valence-corrected chi connectivity index (χ0v) is 14.2. The number of fused-ring (bicyclic) bond motifs is 1. The third-order valence-corrected chi connectivity index (χ3v) is 4.45. The molecular formula is C19H22FNO3. The molecule has 24 heavy (non-hydrogen) atoms. The molecule has 4 nitrogen and oxygen atoms in total. The molecule has 1 aliphatic rings. The van der Waals surface area contributed by atoms with Crippen molar-refractivity contribution in [3.63, 3.8) is 0 Å². The van der Waals surface area contributed by atoms with Gasteiger partial charge in [0.15, 0.2) is 11.6 Å². The topological polar surface area (TPSA) is 39.7 Å². The summed E-state index contributed by atoms with van der Waals surface area (Å²) in [5.74, 6) is 1.52. The number of benzene rings is 2. The van der Waals surface area contributed by atoms with Gasteiger partial charge < -0.3 is 19.5 Å². The fourth-order valence-corrected chi connectivity index (χ4v) is 3.28. The molecule has 0 spiro atoms. The van der Waals surface area contributed by atoms with Gasteiger partial charge in [0, 0.05) is 17.7 Å². The van der Waals surface area contributed by atoms with Gasteiger partial charge in [-0.05, 0) is 48.7 Å². The van der Waals surface area contributed by atoms with E-state index in [1.54, 1.807) is 20.3 Å². The number of hydrogen-bond acceptors (Lipinski definition) is 4. The first-order chi connectivity index (χ1) is 11.7. The minimum Gasteiger partial charge on any atom is -0.497 e. The summed E-state index contributed by atoms with van der Waals surface area (Å²) in [6.45, 7) is 0.868. The largest absolute Gasteiger partial charge is 0.497 e. The van der Waals surface area contributed by atoms with E-state index in [1.165, 1.54) is 18.7 Å². The number of hydrogen-bond donors (Lipinski definition) is 1. The van der Waals surface area contributed by atoms with Gasteiger partial charge in [-0.1, -0.05) is 6.07 Å². The summed E-state index contributed by atoms with van der Waals surface area (Å²) in [4.78, 5) is 0. The summed E-state index contributed by atoms with van der Waals surface area (Å²) in [6, 6.07) is 9.12. The lowest BCUT2D eigenvalue weighted by Crippen LogP contribution is -2.31. The Labute approximate surface area is 141 Å². The number of rotatable bonds is 5. The van der Waals surface area contributed by atoms with Crippen molar-refractivity contribution in [3.8, 4) is 17.2 Å². The first-order valence-electron chi connectivity index (χ1n) is 7.97. The van der Waals surface area contributed by atoms with E-state index < -0.39 is 0 Å². The molecule has 0 bridgehead atoms. The predicted molar refractivity (Wildman–Crippen MR) is 90.6 cm³/mol. The van der Waals surface area contributed by atoms with Crippen LogP contribution in [0.3, 0.4) is 0 Å². The smallest absolute Gasteiger partial charge is 0.165 e. The number of nitrogens with one attached hydrogen (secondary N) is 1. The Morgan fingerprint density at radius 3 is 2.50 bits per heavy atom. The van der Waals surface area contributed by atoms with Crippen molar-refractivity contribution >= 4 is 0 Å². The van der Waals surface area contributed by atoms with Crippen molar-refractivity contribution in [1.82, 2.24) is 5.32 Å². The molecule has 0 saturated carbocycles. The van der Waals surface area contributed by atoms with Crippen LogP contribution in [-0.4, -0.2) is 27.9 Å². The lowest BCUT2D eigenvalue weighted by atomic mass is 9.89. The molecule has 0 amide bonds. The van der Waals surface area contributed by atoms with E-state index >= 15 is 0 Å². The Morgan fingerprint density at radius 2 is 1.83 bits per heavy atom. The summed E-state index contributed by atoms with van der Waals surface area (Å²) in [5, 5.41) is 3.51. The van der Waals surface area contributed by atoms with Crippen LogP contribution in [0.1, 0.15) is 22.7 Å². The highest BCUT2D eigenvalue weighted by Gasteiger charge is 2.25. The van der Waals surface area contributed by atoms with Gasteiger partial charge in [0.2, 0.25) is 0 Å². The average molecular weight is 331 g/mol. The van der Waals surface area contributed by atoms with Gasteiger partial charge in [-0.2, -0.15) is 0 Å². The quantitative estimate of drug-likeness (QED) is 0.913. The molecule has 0 fully saturated rings. The van der Waals surface area contributed by atoms with Gasteiger partial charge >= 0.3 is 0 Å². The number of halogens is 1. The van der Waals surface area contributed by atoms with Crippen LogP contribution in [0.15, 0.2) is 30.3 Å². The second-order valence-electron chi connectivity index (χ2n) is 5.83. The lowest BCUT2D eigenvalue weighted by molar-refractivity contribution is 0.376. The van der Waals surface area contributed by atoms with E-state index in [4.69, 9.17) is 14.2 Å². The third-order valence-electron chi connectivity index (χ3n) is 4.45. The molecule has 0 saturated heterocycles. The Bertz CT molecular complexity index is 716. The van der Waals surface area contributed by atoms with Crippen LogP contribution in [-0.2, 0) is 12.8 Å². The van der Waals surface area contributed by atoms with E-state index in [1.807, 2.05) is 12.1 Å². The van der Waals surface area contributed by atoms with Gasteiger partial charge in [-0.15, -0.1) is 0 Å². The summed E-state index contributed by atoms with van der Waals surface area (Å²) in [6.07, 6.45) is 1.59. The molecule has 5 heteroatoms. The maximum Gasteiger partial charge on any atom is 0.165 e. The summed E-state index contributed by atoms with van der Waals surface area (Å²) >= 11 is 0. The maximum atomic E-state index is 14.0. The highest BCUT2D eigenvalue weighted by Crippen LogP contribution is 2.37. The summed E-state index contributed by atoms with van der Waals surface area (Å²) in [5.41, 5.74) is 3.25. The Balaban J connectivity index is 1.93. The van der Waals surface area contributed by atoms with Crippen molar-refractivity contribution in [2.45, 2.75) is 18.9 Å². The summed E-state index contributed by atoms with van der Waals surface area (Å²) < 4.78 is 29.9. The highest BCUT2D eigenvalue weighted by molar-refractivity contribution is 5.50. The van der Waals surface area contributed by atoms with Crippen molar-refractivity contribution in [3.05, 3.63) is 52.8 Å². The molecule has 3 rings (SSSR count). The Morgan fingerprint density at radius 1 is 1.04 bits per heavy atom. The Hall–Kier alpha value is -2.27. The normalized spacial score (nSPS) is 16.4. The van der Waals surface area contributed by atoms with Gasteiger partial charge in [0.05, 0.1) is 21.3 Å². The summed E-state index contributed by atoms with van der Waals surface area (Å²) in [7, 11) is 4.78. The molecule has 2 aromatic rings. The Kier molecular flexibility index (Phi) is 4.90. The molecule has 1 unspecified atom stereocenters. The van der Waals surface area contributed by atoms with E-state index in [-0.39, 0.29) is 17.6 Å².